The summed E-state index contributed by atoms with van der Waals surface area (Å²) in [4.78, 5) is 24.0. The van der Waals surface area contributed by atoms with Crippen LogP contribution in [0.1, 0.15) is 49.9 Å². The Hall–Kier alpha value is -2.51. The number of nitrogens with two attached hydrogens (primary N) is 1. The van der Waals surface area contributed by atoms with Crippen molar-refractivity contribution in [3.05, 3.63) is 42.1 Å². The highest BCUT2D eigenvalue weighted by Gasteiger charge is 2.35. The van der Waals surface area contributed by atoms with Crippen molar-refractivity contribution in [2.75, 3.05) is 25.4 Å². The number of hydrogen-bond donors (Lipinski definition) is 3. The predicted octanol–water partition coefficient (Wildman–Crippen LogP) is 2.70. The van der Waals surface area contributed by atoms with E-state index in [0.717, 1.165) is 31.5 Å². The summed E-state index contributed by atoms with van der Waals surface area (Å²) < 4.78 is 0. The summed E-state index contributed by atoms with van der Waals surface area (Å²) in [6.07, 6.45) is 5.97. The van der Waals surface area contributed by atoms with E-state index in [1.54, 1.807) is 0 Å². The van der Waals surface area contributed by atoms with Crippen molar-refractivity contribution in [1.29, 1.82) is 0 Å². The fraction of sp³-hybridized carbons (Fsp3) is 0.542. The molecular weight excluding hydrogens is 388 g/mol. The van der Waals surface area contributed by atoms with E-state index in [-0.39, 0.29) is 17.9 Å². The van der Waals surface area contributed by atoms with Gasteiger partial charge in [-0.1, -0.05) is 44.2 Å². The summed E-state index contributed by atoms with van der Waals surface area (Å²) in [5, 5.41) is 7.00. The summed E-state index contributed by atoms with van der Waals surface area (Å²) >= 11 is 0. The Morgan fingerprint density at radius 2 is 1.84 bits per heavy atom. The number of anilines is 1. The van der Waals surface area contributed by atoms with Crippen LogP contribution in [0.15, 0.2) is 36.5 Å². The third kappa shape index (κ3) is 5.40. The molecule has 2 atom stereocenters. The van der Waals surface area contributed by atoms with E-state index in [4.69, 9.17) is 5.73 Å². The molecule has 1 aromatic carbocycles. The SMILES string of the molecule is CC(C)CN1CCC(N[C@@H]2CC[C@@H]2NC(=O)c2cnc(N)nc2-c2ccccc2)CC1. The van der Waals surface area contributed by atoms with Crippen molar-refractivity contribution in [2.24, 2.45) is 5.92 Å². The Kier molecular flexibility index (Phi) is 6.83. The van der Waals surface area contributed by atoms with Gasteiger partial charge in [0.05, 0.1) is 11.3 Å². The Morgan fingerprint density at radius 1 is 1.13 bits per heavy atom. The van der Waals surface area contributed by atoms with E-state index >= 15 is 0 Å². The van der Waals surface area contributed by atoms with Gasteiger partial charge in [-0.2, -0.15) is 0 Å². The zero-order valence-electron chi connectivity index (χ0n) is 18.6. The molecule has 1 aliphatic heterocycles. The fourth-order valence-electron chi connectivity index (χ4n) is 4.60. The lowest BCUT2D eigenvalue weighted by atomic mass is 9.84. The minimum absolute atomic E-state index is 0.137. The highest BCUT2D eigenvalue weighted by atomic mass is 16.1. The highest BCUT2D eigenvalue weighted by Crippen LogP contribution is 2.25. The average Bonchev–Trinajstić information content (AvgIpc) is 2.76. The van der Waals surface area contributed by atoms with E-state index in [1.165, 1.54) is 25.6 Å². The standard InChI is InChI=1S/C24H34N6O/c1-16(2)15-30-12-10-18(11-13-30)27-20-8-9-21(20)28-23(31)19-14-26-24(25)29-22(19)17-6-4-3-5-7-17/h3-7,14,16,18,20-21,27H,8-13,15H2,1-2H3,(H,28,31)(H2,25,26,29)/t20-,21+/m1/s1. The van der Waals surface area contributed by atoms with Crippen LogP contribution in [0, 0.1) is 5.92 Å². The Bertz CT molecular complexity index is 879. The maximum absolute atomic E-state index is 13.1. The molecule has 1 amide bonds. The lowest BCUT2D eigenvalue weighted by Crippen LogP contribution is -2.60. The first-order valence-corrected chi connectivity index (χ1v) is 11.5. The molecule has 4 N–H and O–H groups in total. The van der Waals surface area contributed by atoms with E-state index in [9.17, 15) is 4.79 Å². The number of hydrogen-bond acceptors (Lipinski definition) is 6. The second kappa shape index (κ2) is 9.75. The number of benzene rings is 1. The third-order valence-electron chi connectivity index (χ3n) is 6.35. The van der Waals surface area contributed by atoms with Gasteiger partial charge in [-0.15, -0.1) is 0 Å². The molecule has 7 heteroatoms. The molecule has 0 unspecified atom stereocenters. The molecule has 2 fully saturated rings. The van der Waals surface area contributed by atoms with Crippen LogP contribution in [0.5, 0.6) is 0 Å². The predicted molar refractivity (Wildman–Crippen MR) is 124 cm³/mol. The first kappa shape index (κ1) is 21.7. The van der Waals surface area contributed by atoms with Crippen molar-refractivity contribution in [2.45, 2.75) is 57.7 Å². The molecule has 1 aromatic heterocycles. The van der Waals surface area contributed by atoms with Crippen LogP contribution in [0.3, 0.4) is 0 Å². The molecule has 4 rings (SSSR count). The van der Waals surface area contributed by atoms with Gasteiger partial charge in [-0.05, 0) is 44.7 Å². The van der Waals surface area contributed by atoms with Crippen molar-refractivity contribution < 1.29 is 4.79 Å². The van der Waals surface area contributed by atoms with Gasteiger partial charge >= 0.3 is 0 Å². The number of likely N-dealkylation sites (tertiary alicyclic amines) is 1. The molecule has 2 heterocycles. The number of piperidine rings is 1. The van der Waals surface area contributed by atoms with E-state index in [2.05, 4.69) is 39.3 Å². The first-order chi connectivity index (χ1) is 15.0. The second-order valence-electron chi connectivity index (χ2n) is 9.26. The van der Waals surface area contributed by atoms with E-state index < -0.39 is 0 Å². The first-order valence-electron chi connectivity index (χ1n) is 11.5. The van der Waals surface area contributed by atoms with Crippen molar-refractivity contribution in [3.8, 4) is 11.3 Å². The number of nitrogen functional groups attached to an aromatic ring is 1. The molecule has 7 nitrogen and oxygen atoms in total. The average molecular weight is 423 g/mol. The maximum atomic E-state index is 13.1. The van der Waals surface area contributed by atoms with Crippen molar-refractivity contribution in [1.82, 2.24) is 25.5 Å². The van der Waals surface area contributed by atoms with Crippen LogP contribution in [0.2, 0.25) is 0 Å². The molecular formula is C24H34N6O. The number of nitrogens with zero attached hydrogens (tertiary/aromatic N) is 3. The molecule has 0 radical (unpaired) electrons. The number of carbonyl (C=O) groups excluding carboxylic acids is 1. The summed E-state index contributed by atoms with van der Waals surface area (Å²) in [7, 11) is 0. The molecule has 0 bridgehead atoms. The number of rotatable bonds is 7. The molecule has 2 aliphatic rings. The van der Waals surface area contributed by atoms with Crippen molar-refractivity contribution in [3.63, 3.8) is 0 Å². The highest BCUT2D eigenvalue weighted by molar-refractivity contribution is 6.00. The summed E-state index contributed by atoms with van der Waals surface area (Å²) in [6.45, 7) is 8.05. The topological polar surface area (TPSA) is 96.2 Å². The minimum atomic E-state index is -0.137. The van der Waals surface area contributed by atoms with Gasteiger partial charge in [-0.25, -0.2) is 9.97 Å². The fourth-order valence-corrected chi connectivity index (χ4v) is 4.60. The quantitative estimate of drug-likeness (QED) is 0.635. The molecule has 0 spiro atoms. The lowest BCUT2D eigenvalue weighted by molar-refractivity contribution is 0.0877. The molecule has 166 valence electrons. The van der Waals surface area contributed by atoms with Crippen molar-refractivity contribution >= 4 is 11.9 Å². The Labute approximate surface area is 184 Å². The van der Waals surface area contributed by atoms with Gasteiger partial charge in [-0.3, -0.25) is 4.79 Å². The summed E-state index contributed by atoms with van der Waals surface area (Å²) in [6, 6.07) is 10.7. The number of nitrogens with one attached hydrogen (secondary N) is 2. The minimum Gasteiger partial charge on any atom is -0.368 e. The maximum Gasteiger partial charge on any atom is 0.255 e. The zero-order chi connectivity index (χ0) is 21.8. The molecule has 2 aromatic rings. The Morgan fingerprint density at radius 3 is 2.48 bits per heavy atom. The van der Waals surface area contributed by atoms with Gasteiger partial charge in [0.15, 0.2) is 0 Å². The van der Waals surface area contributed by atoms with Crippen LogP contribution in [0.4, 0.5) is 5.95 Å². The van der Waals surface area contributed by atoms with Crippen LogP contribution in [0.25, 0.3) is 11.3 Å². The third-order valence-corrected chi connectivity index (χ3v) is 6.35. The van der Waals surface area contributed by atoms with Gasteiger partial charge in [0.25, 0.3) is 5.91 Å². The smallest absolute Gasteiger partial charge is 0.255 e. The van der Waals surface area contributed by atoms with E-state index in [0.29, 0.717) is 29.3 Å². The van der Waals surface area contributed by atoms with Crippen LogP contribution in [-0.2, 0) is 0 Å². The van der Waals surface area contributed by atoms with Gasteiger partial charge < -0.3 is 21.3 Å². The van der Waals surface area contributed by atoms with E-state index in [1.807, 2.05) is 30.3 Å². The number of carbonyl (C=O) groups is 1. The molecule has 1 saturated heterocycles. The normalized spacial score (nSPS) is 22.3. The summed E-state index contributed by atoms with van der Waals surface area (Å²) in [5.41, 5.74) is 7.70. The molecule has 1 aliphatic carbocycles. The lowest BCUT2D eigenvalue weighted by Gasteiger charge is -2.42. The molecule has 31 heavy (non-hydrogen) atoms. The van der Waals surface area contributed by atoms with Crippen LogP contribution < -0.4 is 16.4 Å². The zero-order valence-corrected chi connectivity index (χ0v) is 18.6. The number of aromatic nitrogens is 2. The molecule has 1 saturated carbocycles. The van der Waals surface area contributed by atoms with Gasteiger partial charge in [0, 0.05) is 36.4 Å². The monoisotopic (exact) mass is 422 g/mol. The van der Waals surface area contributed by atoms with Crippen LogP contribution in [-0.4, -0.2) is 58.5 Å². The van der Waals surface area contributed by atoms with Gasteiger partial charge in [0.1, 0.15) is 0 Å². The second-order valence-corrected chi connectivity index (χ2v) is 9.26. The number of amides is 1. The Balaban J connectivity index is 1.35. The largest absolute Gasteiger partial charge is 0.368 e. The van der Waals surface area contributed by atoms with Crippen LogP contribution >= 0.6 is 0 Å². The summed E-state index contributed by atoms with van der Waals surface area (Å²) in [5.74, 6) is 0.748. The van der Waals surface area contributed by atoms with Gasteiger partial charge in [0.2, 0.25) is 5.95 Å².